The first-order valence-corrected chi connectivity index (χ1v) is 7.63. The highest BCUT2D eigenvalue weighted by Gasteiger charge is 2.33. The summed E-state index contributed by atoms with van der Waals surface area (Å²) in [5.41, 5.74) is 8.18. The summed E-state index contributed by atoms with van der Waals surface area (Å²) in [6.45, 7) is 6.98. The first-order valence-electron chi connectivity index (χ1n) is 7.63. The van der Waals surface area contributed by atoms with Gasteiger partial charge in [0.2, 0.25) is 0 Å². The highest BCUT2D eigenvalue weighted by Crippen LogP contribution is 2.30. The summed E-state index contributed by atoms with van der Waals surface area (Å²) < 4.78 is 13.3. The molecule has 0 spiro atoms. The molecule has 0 radical (unpaired) electrons. The van der Waals surface area contributed by atoms with E-state index >= 15 is 0 Å². The molecule has 3 rings (SSSR count). The van der Waals surface area contributed by atoms with Crippen molar-refractivity contribution in [1.29, 1.82) is 0 Å². The van der Waals surface area contributed by atoms with Crippen LogP contribution >= 0.6 is 0 Å². The largest absolute Gasteiger partial charge is 0.329 e. The Morgan fingerprint density at radius 3 is 2.50 bits per heavy atom. The third-order valence-corrected chi connectivity index (χ3v) is 4.67. The van der Waals surface area contributed by atoms with E-state index in [1.54, 1.807) is 12.1 Å². The van der Waals surface area contributed by atoms with Gasteiger partial charge in [0.1, 0.15) is 5.82 Å². The molecule has 1 aromatic carbocycles. The molecule has 1 aromatic rings. The van der Waals surface area contributed by atoms with Crippen LogP contribution in [0.2, 0.25) is 0 Å². The standard InChI is InChI=1S/C16H24FN3/c1-12-10-13(17)2-5-15(12)16(11-18)20-8-6-19(7-9-20)14-3-4-14/h2,5,10,14,16H,3-4,6-9,11,18H2,1H3. The topological polar surface area (TPSA) is 32.5 Å². The van der Waals surface area contributed by atoms with Crippen molar-refractivity contribution in [2.45, 2.75) is 31.8 Å². The SMILES string of the molecule is Cc1cc(F)ccc1C(CN)N1CCN(C2CC2)CC1. The number of hydrogen-bond donors (Lipinski definition) is 1. The van der Waals surface area contributed by atoms with Crippen molar-refractivity contribution in [1.82, 2.24) is 9.80 Å². The van der Waals surface area contributed by atoms with E-state index in [2.05, 4.69) is 9.80 Å². The van der Waals surface area contributed by atoms with Crippen LogP contribution in [0.15, 0.2) is 18.2 Å². The van der Waals surface area contributed by atoms with Gasteiger partial charge in [-0.05, 0) is 43.0 Å². The van der Waals surface area contributed by atoms with Gasteiger partial charge in [-0.25, -0.2) is 4.39 Å². The second-order valence-electron chi connectivity index (χ2n) is 6.06. The lowest BCUT2D eigenvalue weighted by Crippen LogP contribution is -2.49. The molecule has 1 heterocycles. The quantitative estimate of drug-likeness (QED) is 0.912. The summed E-state index contributed by atoms with van der Waals surface area (Å²) in [4.78, 5) is 5.06. The van der Waals surface area contributed by atoms with E-state index in [1.807, 2.05) is 13.0 Å². The number of halogens is 1. The van der Waals surface area contributed by atoms with Crippen molar-refractivity contribution in [2.24, 2.45) is 5.73 Å². The average Bonchev–Trinajstić information content (AvgIpc) is 3.27. The molecule has 0 bridgehead atoms. The van der Waals surface area contributed by atoms with Crippen LogP contribution < -0.4 is 5.73 Å². The van der Waals surface area contributed by atoms with E-state index in [9.17, 15) is 4.39 Å². The van der Waals surface area contributed by atoms with Crippen LogP contribution in [0.5, 0.6) is 0 Å². The number of hydrogen-bond acceptors (Lipinski definition) is 3. The van der Waals surface area contributed by atoms with Crippen LogP contribution in [-0.2, 0) is 0 Å². The van der Waals surface area contributed by atoms with Crippen LogP contribution in [0.3, 0.4) is 0 Å². The van der Waals surface area contributed by atoms with E-state index in [4.69, 9.17) is 5.73 Å². The monoisotopic (exact) mass is 277 g/mol. The lowest BCUT2D eigenvalue weighted by Gasteiger charge is -2.39. The maximum atomic E-state index is 13.3. The van der Waals surface area contributed by atoms with Crippen molar-refractivity contribution in [3.8, 4) is 0 Å². The highest BCUT2D eigenvalue weighted by atomic mass is 19.1. The summed E-state index contributed by atoms with van der Waals surface area (Å²) >= 11 is 0. The highest BCUT2D eigenvalue weighted by molar-refractivity contribution is 5.30. The Kier molecular flexibility index (Phi) is 4.06. The van der Waals surface area contributed by atoms with E-state index in [0.29, 0.717) is 6.54 Å². The van der Waals surface area contributed by atoms with Crippen LogP contribution in [0.4, 0.5) is 4.39 Å². The molecule has 1 aliphatic carbocycles. The summed E-state index contributed by atoms with van der Waals surface area (Å²) in [6.07, 6.45) is 2.74. The van der Waals surface area contributed by atoms with Gasteiger partial charge < -0.3 is 5.73 Å². The van der Waals surface area contributed by atoms with Gasteiger partial charge in [-0.1, -0.05) is 6.07 Å². The molecule has 20 heavy (non-hydrogen) atoms. The fourth-order valence-corrected chi connectivity index (χ4v) is 3.34. The Hall–Kier alpha value is -0.970. The summed E-state index contributed by atoms with van der Waals surface area (Å²) in [5.74, 6) is -0.166. The van der Waals surface area contributed by atoms with Crippen LogP contribution in [0, 0.1) is 12.7 Å². The normalized spacial score (nSPS) is 22.9. The molecule has 0 amide bonds. The molecular formula is C16H24FN3. The van der Waals surface area contributed by atoms with Crippen LogP contribution in [-0.4, -0.2) is 48.6 Å². The van der Waals surface area contributed by atoms with Gasteiger partial charge >= 0.3 is 0 Å². The molecule has 2 aliphatic rings. The van der Waals surface area contributed by atoms with Gasteiger partial charge in [0.05, 0.1) is 0 Å². The average molecular weight is 277 g/mol. The van der Waals surface area contributed by atoms with Gasteiger partial charge in [0.25, 0.3) is 0 Å². The number of nitrogens with zero attached hydrogens (tertiary/aromatic N) is 2. The molecule has 1 saturated carbocycles. The smallest absolute Gasteiger partial charge is 0.123 e. The van der Waals surface area contributed by atoms with Gasteiger partial charge in [0, 0.05) is 44.8 Å². The number of aryl methyl sites for hydroxylation is 1. The zero-order chi connectivity index (χ0) is 14.1. The minimum absolute atomic E-state index is 0.166. The molecule has 3 nitrogen and oxygen atoms in total. The first kappa shape index (κ1) is 14.0. The summed E-state index contributed by atoms with van der Waals surface area (Å²) in [7, 11) is 0. The number of nitrogens with two attached hydrogens (primary N) is 1. The Balaban J connectivity index is 1.69. The van der Waals surface area contributed by atoms with Gasteiger partial charge in [-0.2, -0.15) is 0 Å². The maximum absolute atomic E-state index is 13.3. The Morgan fingerprint density at radius 1 is 1.25 bits per heavy atom. The Labute approximate surface area is 120 Å². The van der Waals surface area contributed by atoms with E-state index in [-0.39, 0.29) is 11.9 Å². The maximum Gasteiger partial charge on any atom is 0.123 e. The molecule has 1 aliphatic heterocycles. The van der Waals surface area contributed by atoms with Gasteiger partial charge in [-0.15, -0.1) is 0 Å². The molecule has 110 valence electrons. The van der Waals surface area contributed by atoms with E-state index < -0.39 is 0 Å². The molecule has 4 heteroatoms. The minimum atomic E-state index is -0.166. The Bertz CT molecular complexity index is 465. The molecule has 1 saturated heterocycles. The molecule has 2 fully saturated rings. The third kappa shape index (κ3) is 2.87. The van der Waals surface area contributed by atoms with Crippen molar-refractivity contribution in [3.63, 3.8) is 0 Å². The number of benzene rings is 1. The fourth-order valence-electron chi connectivity index (χ4n) is 3.34. The molecule has 2 N–H and O–H groups in total. The van der Waals surface area contributed by atoms with E-state index in [1.165, 1.54) is 18.4 Å². The minimum Gasteiger partial charge on any atom is -0.329 e. The third-order valence-electron chi connectivity index (χ3n) is 4.67. The fraction of sp³-hybridized carbons (Fsp3) is 0.625. The zero-order valence-electron chi connectivity index (χ0n) is 12.2. The van der Waals surface area contributed by atoms with E-state index in [0.717, 1.165) is 37.8 Å². The Morgan fingerprint density at radius 2 is 1.95 bits per heavy atom. The van der Waals surface area contributed by atoms with Crippen molar-refractivity contribution < 1.29 is 4.39 Å². The predicted octanol–water partition coefficient (Wildman–Crippen LogP) is 1.91. The lowest BCUT2D eigenvalue weighted by atomic mass is 9.99. The summed E-state index contributed by atoms with van der Waals surface area (Å²) in [5, 5.41) is 0. The van der Waals surface area contributed by atoms with Crippen LogP contribution in [0.1, 0.15) is 30.0 Å². The molecule has 0 aromatic heterocycles. The number of piperazine rings is 1. The number of rotatable bonds is 4. The van der Waals surface area contributed by atoms with Crippen LogP contribution in [0.25, 0.3) is 0 Å². The molecule has 1 atom stereocenters. The predicted molar refractivity (Wildman–Crippen MR) is 79.1 cm³/mol. The second kappa shape index (κ2) is 5.80. The molecule has 1 unspecified atom stereocenters. The summed E-state index contributed by atoms with van der Waals surface area (Å²) in [6, 6.07) is 6.12. The lowest BCUT2D eigenvalue weighted by molar-refractivity contribution is 0.0935. The molecular weight excluding hydrogens is 253 g/mol. The van der Waals surface area contributed by atoms with Gasteiger partial charge in [0.15, 0.2) is 0 Å². The first-order chi connectivity index (χ1) is 9.69. The zero-order valence-corrected chi connectivity index (χ0v) is 12.2. The van der Waals surface area contributed by atoms with Gasteiger partial charge in [-0.3, -0.25) is 9.80 Å². The second-order valence-corrected chi connectivity index (χ2v) is 6.06. The van der Waals surface area contributed by atoms with Crippen molar-refractivity contribution in [2.75, 3.05) is 32.7 Å². The van der Waals surface area contributed by atoms with Crippen molar-refractivity contribution in [3.05, 3.63) is 35.1 Å². The van der Waals surface area contributed by atoms with Crippen molar-refractivity contribution >= 4 is 0 Å².